The molecular formula is C9H10F2N6O. The Morgan fingerprint density at radius 3 is 2.83 bits per heavy atom. The number of hydrogen-bond donors (Lipinski definition) is 1. The summed E-state index contributed by atoms with van der Waals surface area (Å²) in [5.41, 5.74) is 0. The Balaban J connectivity index is 2.27. The summed E-state index contributed by atoms with van der Waals surface area (Å²) in [5.74, 6) is 0.392. The van der Waals surface area contributed by atoms with Crippen LogP contribution in [0.2, 0.25) is 0 Å². The Labute approximate surface area is 101 Å². The first kappa shape index (κ1) is 12.1. The maximum absolute atomic E-state index is 12.0. The van der Waals surface area contributed by atoms with Crippen molar-refractivity contribution in [2.45, 2.75) is 6.43 Å². The minimum atomic E-state index is -2.59. The molecule has 7 nitrogen and oxygen atoms in total. The molecule has 2 aromatic heterocycles. The van der Waals surface area contributed by atoms with Gasteiger partial charge in [0.05, 0.1) is 0 Å². The predicted molar refractivity (Wildman–Crippen MR) is 58.0 cm³/mol. The zero-order valence-electron chi connectivity index (χ0n) is 9.42. The highest BCUT2D eigenvalue weighted by Crippen LogP contribution is 2.10. The van der Waals surface area contributed by atoms with E-state index in [-0.39, 0.29) is 17.9 Å². The molecule has 0 aromatic carbocycles. The molecule has 0 aliphatic carbocycles. The maximum Gasteiger partial charge on any atom is 0.323 e. The van der Waals surface area contributed by atoms with Gasteiger partial charge < -0.3 is 10.1 Å². The monoisotopic (exact) mass is 256 g/mol. The van der Waals surface area contributed by atoms with Crippen molar-refractivity contribution < 1.29 is 13.5 Å². The molecule has 0 aliphatic rings. The first-order valence-electron chi connectivity index (χ1n) is 5.04. The second-order valence-corrected chi connectivity index (χ2v) is 3.14. The highest BCUT2D eigenvalue weighted by Gasteiger charge is 2.11. The average molecular weight is 256 g/mol. The molecule has 0 saturated carbocycles. The van der Waals surface area contributed by atoms with Gasteiger partial charge in [0.1, 0.15) is 0 Å². The van der Waals surface area contributed by atoms with Crippen LogP contribution < -0.4 is 10.1 Å². The van der Waals surface area contributed by atoms with Crippen molar-refractivity contribution in [2.75, 3.05) is 19.0 Å². The summed E-state index contributed by atoms with van der Waals surface area (Å²) < 4.78 is 30.2. The molecule has 2 aromatic rings. The lowest BCUT2D eigenvalue weighted by atomic mass is 10.7. The van der Waals surface area contributed by atoms with E-state index in [0.29, 0.717) is 0 Å². The summed E-state index contributed by atoms with van der Waals surface area (Å²) in [6, 6.07) is 1.50. The van der Waals surface area contributed by atoms with Crippen LogP contribution in [-0.4, -0.2) is 44.8 Å². The Morgan fingerprint density at radius 1 is 1.39 bits per heavy atom. The van der Waals surface area contributed by atoms with E-state index < -0.39 is 13.0 Å². The average Bonchev–Trinajstić information content (AvgIpc) is 2.89. The molecule has 18 heavy (non-hydrogen) atoms. The molecule has 0 bridgehead atoms. The van der Waals surface area contributed by atoms with Gasteiger partial charge in [0, 0.05) is 19.4 Å². The minimum absolute atomic E-state index is 0.180. The van der Waals surface area contributed by atoms with E-state index in [1.807, 2.05) is 0 Å². The molecule has 96 valence electrons. The van der Waals surface area contributed by atoms with Gasteiger partial charge in [0.25, 0.3) is 12.4 Å². The first-order chi connectivity index (χ1) is 8.69. The highest BCUT2D eigenvalue weighted by molar-refractivity contribution is 5.28. The van der Waals surface area contributed by atoms with Gasteiger partial charge in [-0.05, 0) is 6.07 Å². The van der Waals surface area contributed by atoms with Gasteiger partial charge in [0.15, 0.2) is 6.61 Å². The van der Waals surface area contributed by atoms with E-state index in [1.54, 1.807) is 25.5 Å². The molecular weight excluding hydrogens is 246 g/mol. The summed E-state index contributed by atoms with van der Waals surface area (Å²) in [7, 11) is 1.60. The van der Waals surface area contributed by atoms with Gasteiger partial charge in [-0.25, -0.2) is 13.5 Å². The Morgan fingerprint density at radius 2 is 2.22 bits per heavy atom. The van der Waals surface area contributed by atoms with Crippen LogP contribution in [0.4, 0.5) is 14.7 Å². The van der Waals surface area contributed by atoms with E-state index in [2.05, 4.69) is 25.4 Å². The van der Waals surface area contributed by atoms with Crippen LogP contribution in [-0.2, 0) is 0 Å². The van der Waals surface area contributed by atoms with E-state index in [0.717, 1.165) is 0 Å². The molecule has 9 heteroatoms. The summed E-state index contributed by atoms with van der Waals surface area (Å²) >= 11 is 0. The molecule has 0 amide bonds. The van der Waals surface area contributed by atoms with Crippen molar-refractivity contribution in [3.05, 3.63) is 18.5 Å². The largest absolute Gasteiger partial charge is 0.457 e. The molecule has 0 atom stereocenters. The normalized spacial score (nSPS) is 10.7. The zero-order chi connectivity index (χ0) is 13.0. The third-order valence-corrected chi connectivity index (χ3v) is 1.87. The Hall–Kier alpha value is -2.32. The SMILES string of the molecule is CNc1nc(OCC(F)F)nc(-n2cccn2)n1. The van der Waals surface area contributed by atoms with Gasteiger partial charge in [-0.3, -0.25) is 0 Å². The number of halogens is 2. The fraction of sp³-hybridized carbons (Fsp3) is 0.333. The predicted octanol–water partition coefficient (Wildman–Crippen LogP) is 0.743. The number of aromatic nitrogens is 5. The maximum atomic E-state index is 12.0. The third kappa shape index (κ3) is 2.87. The van der Waals surface area contributed by atoms with Gasteiger partial charge in [-0.1, -0.05) is 0 Å². The number of rotatable bonds is 5. The van der Waals surface area contributed by atoms with Crippen molar-refractivity contribution in [3.8, 4) is 12.0 Å². The number of ether oxygens (including phenoxy) is 1. The number of anilines is 1. The number of nitrogens with one attached hydrogen (secondary N) is 1. The lowest BCUT2D eigenvalue weighted by Crippen LogP contribution is -2.13. The van der Waals surface area contributed by atoms with Crippen molar-refractivity contribution >= 4 is 5.95 Å². The smallest absolute Gasteiger partial charge is 0.323 e. The van der Waals surface area contributed by atoms with E-state index in [1.165, 1.54) is 4.68 Å². The molecule has 0 fully saturated rings. The fourth-order valence-corrected chi connectivity index (χ4v) is 1.15. The van der Waals surface area contributed by atoms with E-state index >= 15 is 0 Å². The minimum Gasteiger partial charge on any atom is -0.457 e. The van der Waals surface area contributed by atoms with Crippen molar-refractivity contribution in [1.82, 2.24) is 24.7 Å². The van der Waals surface area contributed by atoms with Crippen LogP contribution in [0.3, 0.4) is 0 Å². The number of alkyl halides is 2. The van der Waals surface area contributed by atoms with Crippen LogP contribution in [0.1, 0.15) is 0 Å². The molecule has 2 heterocycles. The van der Waals surface area contributed by atoms with Gasteiger partial charge in [-0.2, -0.15) is 20.1 Å². The summed E-state index contributed by atoms with van der Waals surface area (Å²) in [5, 5.41) is 6.62. The number of hydrogen-bond acceptors (Lipinski definition) is 6. The second-order valence-electron chi connectivity index (χ2n) is 3.14. The van der Waals surface area contributed by atoms with E-state index in [4.69, 9.17) is 4.74 Å². The lowest BCUT2D eigenvalue weighted by molar-refractivity contribution is 0.0769. The third-order valence-electron chi connectivity index (χ3n) is 1.87. The second kappa shape index (κ2) is 5.34. The molecule has 2 rings (SSSR count). The van der Waals surface area contributed by atoms with E-state index in [9.17, 15) is 8.78 Å². The van der Waals surface area contributed by atoms with Gasteiger partial charge >= 0.3 is 6.01 Å². The van der Waals surface area contributed by atoms with Crippen LogP contribution in [0, 0.1) is 0 Å². The van der Waals surface area contributed by atoms with Gasteiger partial charge in [0.2, 0.25) is 5.95 Å². The highest BCUT2D eigenvalue weighted by atomic mass is 19.3. The van der Waals surface area contributed by atoms with Crippen LogP contribution in [0.15, 0.2) is 18.5 Å². The summed E-state index contributed by atoms with van der Waals surface area (Å²) in [6.45, 7) is -0.772. The molecule has 1 N–H and O–H groups in total. The fourth-order valence-electron chi connectivity index (χ4n) is 1.15. The number of nitrogens with zero attached hydrogens (tertiary/aromatic N) is 5. The van der Waals surface area contributed by atoms with Crippen LogP contribution in [0.5, 0.6) is 6.01 Å². The standard InChI is InChI=1S/C9H10F2N6O/c1-12-7-14-8(17-4-2-3-13-17)16-9(15-7)18-5-6(10)11/h2-4,6H,5H2,1H3,(H,12,14,15,16). The molecule has 0 radical (unpaired) electrons. The van der Waals surface area contributed by atoms with Crippen LogP contribution in [0.25, 0.3) is 5.95 Å². The topological polar surface area (TPSA) is 77.8 Å². The van der Waals surface area contributed by atoms with Gasteiger partial charge in [-0.15, -0.1) is 0 Å². The van der Waals surface area contributed by atoms with Crippen LogP contribution >= 0.6 is 0 Å². The quantitative estimate of drug-likeness (QED) is 0.850. The summed E-state index contributed by atoms with van der Waals surface area (Å²) in [4.78, 5) is 11.7. The molecule has 0 spiro atoms. The van der Waals surface area contributed by atoms with Crippen molar-refractivity contribution in [1.29, 1.82) is 0 Å². The summed E-state index contributed by atoms with van der Waals surface area (Å²) in [6.07, 6.45) is 0.571. The molecule has 0 saturated heterocycles. The van der Waals surface area contributed by atoms with Crippen molar-refractivity contribution in [2.24, 2.45) is 0 Å². The molecule has 0 aliphatic heterocycles. The zero-order valence-corrected chi connectivity index (χ0v) is 9.42. The Kier molecular flexibility index (Phi) is 3.60. The lowest BCUT2D eigenvalue weighted by Gasteiger charge is -2.07. The first-order valence-corrected chi connectivity index (χ1v) is 5.04. The molecule has 0 unspecified atom stereocenters. The Bertz CT molecular complexity index is 504. The van der Waals surface area contributed by atoms with Crippen molar-refractivity contribution in [3.63, 3.8) is 0 Å².